The molecular formula is C13H17NO2. The topological polar surface area (TPSA) is 30.5 Å². The van der Waals surface area contributed by atoms with E-state index >= 15 is 0 Å². The Hall–Kier alpha value is -1.48. The monoisotopic (exact) mass is 219 g/mol. The molecule has 0 amide bonds. The Kier molecular flexibility index (Phi) is 3.47. The summed E-state index contributed by atoms with van der Waals surface area (Å²) in [7, 11) is 0. The molecule has 1 atom stereocenters. The van der Waals surface area contributed by atoms with Crippen LogP contribution in [-0.2, 0) is 6.54 Å². The maximum Gasteiger partial charge on any atom is 0.165 e. The molecule has 0 aromatic heterocycles. The first kappa shape index (κ1) is 11.0. The van der Waals surface area contributed by atoms with Crippen LogP contribution in [0.25, 0.3) is 0 Å². The van der Waals surface area contributed by atoms with Crippen LogP contribution in [0.1, 0.15) is 12.5 Å². The Balaban J connectivity index is 2.11. The summed E-state index contributed by atoms with van der Waals surface area (Å²) in [6, 6.07) is 6.27. The van der Waals surface area contributed by atoms with Gasteiger partial charge in [-0.25, -0.2) is 0 Å². The molecule has 0 spiro atoms. The van der Waals surface area contributed by atoms with Gasteiger partial charge in [0.2, 0.25) is 0 Å². The molecule has 3 nitrogen and oxygen atoms in total. The van der Waals surface area contributed by atoms with Crippen molar-refractivity contribution >= 4 is 0 Å². The molecule has 1 aliphatic heterocycles. The highest BCUT2D eigenvalue weighted by molar-refractivity contribution is 5.47. The Morgan fingerprint density at radius 2 is 2.25 bits per heavy atom. The fraction of sp³-hybridized carbons (Fsp3) is 0.385. The van der Waals surface area contributed by atoms with Gasteiger partial charge in [-0.05, 0) is 13.0 Å². The van der Waals surface area contributed by atoms with Gasteiger partial charge in [-0.2, -0.15) is 0 Å². The maximum atomic E-state index is 5.63. The number of rotatable bonds is 4. The third-order valence-corrected chi connectivity index (χ3v) is 2.62. The molecule has 1 unspecified atom stereocenters. The van der Waals surface area contributed by atoms with E-state index in [1.807, 2.05) is 18.2 Å². The molecular weight excluding hydrogens is 202 g/mol. The lowest BCUT2D eigenvalue weighted by Gasteiger charge is -2.21. The summed E-state index contributed by atoms with van der Waals surface area (Å²) in [4.78, 5) is 0. The Bertz CT molecular complexity index is 376. The van der Waals surface area contributed by atoms with Crippen molar-refractivity contribution in [2.75, 3.05) is 13.2 Å². The summed E-state index contributed by atoms with van der Waals surface area (Å²) in [5.74, 6) is 1.72. The van der Waals surface area contributed by atoms with E-state index in [4.69, 9.17) is 9.47 Å². The smallest absolute Gasteiger partial charge is 0.165 e. The van der Waals surface area contributed by atoms with Crippen molar-refractivity contribution in [3.8, 4) is 11.5 Å². The van der Waals surface area contributed by atoms with Gasteiger partial charge in [-0.1, -0.05) is 18.2 Å². The Morgan fingerprint density at radius 3 is 3.06 bits per heavy atom. The zero-order valence-electron chi connectivity index (χ0n) is 9.53. The van der Waals surface area contributed by atoms with Gasteiger partial charge in [-0.3, -0.25) is 0 Å². The van der Waals surface area contributed by atoms with Crippen molar-refractivity contribution in [3.05, 3.63) is 36.4 Å². The molecule has 1 aromatic carbocycles. The van der Waals surface area contributed by atoms with Crippen LogP contribution in [0.2, 0.25) is 0 Å². The summed E-state index contributed by atoms with van der Waals surface area (Å²) in [6.07, 6.45) is 1.88. The summed E-state index contributed by atoms with van der Waals surface area (Å²) >= 11 is 0. The second-order valence-electron chi connectivity index (χ2n) is 3.85. The van der Waals surface area contributed by atoms with Crippen molar-refractivity contribution < 1.29 is 9.47 Å². The lowest BCUT2D eigenvalue weighted by Crippen LogP contribution is -2.24. The highest BCUT2D eigenvalue weighted by atomic mass is 16.6. The molecule has 1 heterocycles. The molecule has 0 saturated heterocycles. The number of hydrogen-bond donors (Lipinski definition) is 1. The van der Waals surface area contributed by atoms with Crippen molar-refractivity contribution in [3.63, 3.8) is 0 Å². The average Bonchev–Trinajstić information content (AvgIpc) is 2.35. The minimum atomic E-state index is 0.292. The summed E-state index contributed by atoms with van der Waals surface area (Å²) < 4.78 is 11.2. The van der Waals surface area contributed by atoms with Gasteiger partial charge in [0, 0.05) is 18.2 Å². The van der Waals surface area contributed by atoms with E-state index in [9.17, 15) is 0 Å². The molecule has 0 aliphatic carbocycles. The van der Waals surface area contributed by atoms with E-state index in [1.165, 1.54) is 0 Å². The fourth-order valence-electron chi connectivity index (χ4n) is 1.63. The van der Waals surface area contributed by atoms with Crippen LogP contribution in [0.15, 0.2) is 30.9 Å². The van der Waals surface area contributed by atoms with Gasteiger partial charge in [0.1, 0.15) is 13.2 Å². The maximum absolute atomic E-state index is 5.63. The lowest BCUT2D eigenvalue weighted by atomic mass is 10.1. The van der Waals surface area contributed by atoms with Gasteiger partial charge in [0.25, 0.3) is 0 Å². The lowest BCUT2D eigenvalue weighted by molar-refractivity contribution is 0.169. The standard InChI is InChI=1S/C13H17NO2/c1-3-10(2)14-9-11-5-4-6-12-13(11)16-8-7-15-12/h3-6,10,14H,1,7-9H2,2H3. The third kappa shape index (κ3) is 2.36. The average molecular weight is 219 g/mol. The van der Waals surface area contributed by atoms with Gasteiger partial charge in [0.05, 0.1) is 0 Å². The van der Waals surface area contributed by atoms with Crippen molar-refractivity contribution in [1.82, 2.24) is 5.32 Å². The van der Waals surface area contributed by atoms with Crippen molar-refractivity contribution in [1.29, 1.82) is 0 Å². The Morgan fingerprint density at radius 1 is 1.44 bits per heavy atom. The molecule has 0 saturated carbocycles. The molecule has 1 aliphatic rings. The van der Waals surface area contributed by atoms with Crippen LogP contribution < -0.4 is 14.8 Å². The quantitative estimate of drug-likeness (QED) is 0.787. The predicted molar refractivity (Wildman–Crippen MR) is 63.9 cm³/mol. The summed E-state index contributed by atoms with van der Waals surface area (Å²) in [5, 5.41) is 3.35. The fourth-order valence-corrected chi connectivity index (χ4v) is 1.63. The SMILES string of the molecule is C=CC(C)NCc1cccc2c1OCCO2. The first-order chi connectivity index (χ1) is 7.81. The van der Waals surface area contributed by atoms with E-state index < -0.39 is 0 Å². The molecule has 3 heteroatoms. The normalized spacial score (nSPS) is 15.6. The molecule has 86 valence electrons. The number of ether oxygens (including phenoxy) is 2. The van der Waals surface area contributed by atoms with E-state index in [2.05, 4.69) is 24.9 Å². The van der Waals surface area contributed by atoms with Crippen LogP contribution >= 0.6 is 0 Å². The molecule has 2 rings (SSSR count). The van der Waals surface area contributed by atoms with E-state index in [-0.39, 0.29) is 0 Å². The summed E-state index contributed by atoms with van der Waals surface area (Å²) in [5.41, 5.74) is 1.13. The Labute approximate surface area is 96.1 Å². The minimum absolute atomic E-state index is 0.292. The number of hydrogen-bond acceptors (Lipinski definition) is 3. The number of para-hydroxylation sites is 1. The van der Waals surface area contributed by atoms with E-state index in [1.54, 1.807) is 0 Å². The molecule has 16 heavy (non-hydrogen) atoms. The van der Waals surface area contributed by atoms with Crippen molar-refractivity contribution in [2.45, 2.75) is 19.5 Å². The van der Waals surface area contributed by atoms with Gasteiger partial charge in [0.15, 0.2) is 11.5 Å². The number of fused-ring (bicyclic) bond motifs is 1. The largest absolute Gasteiger partial charge is 0.486 e. The minimum Gasteiger partial charge on any atom is -0.486 e. The van der Waals surface area contributed by atoms with E-state index in [0.717, 1.165) is 23.6 Å². The van der Waals surface area contributed by atoms with Crippen molar-refractivity contribution in [2.24, 2.45) is 0 Å². The second kappa shape index (κ2) is 5.03. The molecule has 0 fully saturated rings. The van der Waals surface area contributed by atoms with Gasteiger partial charge < -0.3 is 14.8 Å². The zero-order valence-corrected chi connectivity index (χ0v) is 9.53. The van der Waals surface area contributed by atoms with Crippen LogP contribution in [0.4, 0.5) is 0 Å². The van der Waals surface area contributed by atoms with Crippen LogP contribution in [0.5, 0.6) is 11.5 Å². The van der Waals surface area contributed by atoms with Crippen LogP contribution in [-0.4, -0.2) is 19.3 Å². The molecule has 1 N–H and O–H groups in total. The zero-order chi connectivity index (χ0) is 11.4. The highest BCUT2D eigenvalue weighted by Gasteiger charge is 2.15. The molecule has 1 aromatic rings. The molecule has 0 bridgehead atoms. The van der Waals surface area contributed by atoms with Crippen LogP contribution in [0, 0.1) is 0 Å². The summed E-state index contributed by atoms with van der Waals surface area (Å²) in [6.45, 7) is 7.83. The van der Waals surface area contributed by atoms with Gasteiger partial charge in [-0.15, -0.1) is 6.58 Å². The first-order valence-electron chi connectivity index (χ1n) is 5.54. The number of benzene rings is 1. The third-order valence-electron chi connectivity index (χ3n) is 2.62. The van der Waals surface area contributed by atoms with Crippen LogP contribution in [0.3, 0.4) is 0 Å². The highest BCUT2D eigenvalue weighted by Crippen LogP contribution is 2.33. The van der Waals surface area contributed by atoms with E-state index in [0.29, 0.717) is 19.3 Å². The molecule has 0 radical (unpaired) electrons. The first-order valence-corrected chi connectivity index (χ1v) is 5.54. The predicted octanol–water partition coefficient (Wildman–Crippen LogP) is 2.12. The van der Waals surface area contributed by atoms with Gasteiger partial charge >= 0.3 is 0 Å². The second-order valence-corrected chi connectivity index (χ2v) is 3.85. The number of nitrogens with one attached hydrogen (secondary N) is 1.